The number of amides is 2. The minimum absolute atomic E-state index is 0.131. The Morgan fingerprint density at radius 3 is 2.93 bits per heavy atom. The van der Waals surface area contributed by atoms with Gasteiger partial charge >= 0.3 is 0 Å². The first-order valence-corrected chi connectivity index (χ1v) is 9.44. The van der Waals surface area contributed by atoms with E-state index in [1.54, 1.807) is 24.1 Å². The second kappa shape index (κ2) is 7.50. The van der Waals surface area contributed by atoms with E-state index in [9.17, 15) is 14.4 Å². The van der Waals surface area contributed by atoms with E-state index in [0.717, 1.165) is 5.56 Å². The number of H-pyrrole nitrogens is 1. The fourth-order valence-electron chi connectivity index (χ4n) is 3.68. The second-order valence-corrected chi connectivity index (χ2v) is 7.19. The molecular weight excluding hydrogens is 374 g/mol. The van der Waals surface area contributed by atoms with Crippen molar-refractivity contribution >= 4 is 28.7 Å². The minimum atomic E-state index is -0.424. The molecule has 9 nitrogen and oxygen atoms in total. The molecule has 3 aromatic heterocycles. The highest BCUT2D eigenvalue weighted by Crippen LogP contribution is 2.26. The Hall–Kier alpha value is -3.49. The SMILES string of the molecule is Cc1cccnc1NC(=O)C1CCCN(C(=O)c2c(C)oc3nc[nH]c(=O)c23)C1. The first-order chi connectivity index (χ1) is 14.0. The topological polar surface area (TPSA) is 121 Å². The standard InChI is InChI=1S/C20H21N5O4/c1-11-5-3-7-21-16(11)24-17(26)13-6-4-8-25(9-13)20(28)14-12(2)29-19-15(14)18(27)22-10-23-19/h3,5,7,10,13H,4,6,8-9H2,1-2H3,(H,21,24,26)(H,22,23,27). The maximum Gasteiger partial charge on any atom is 0.262 e. The van der Waals surface area contributed by atoms with Gasteiger partial charge in [-0.05, 0) is 38.3 Å². The number of nitrogens with zero attached hydrogens (tertiary/aromatic N) is 3. The smallest absolute Gasteiger partial charge is 0.262 e. The van der Waals surface area contributed by atoms with Crippen LogP contribution in [-0.4, -0.2) is 44.8 Å². The molecule has 0 aromatic carbocycles. The van der Waals surface area contributed by atoms with Crippen LogP contribution >= 0.6 is 0 Å². The van der Waals surface area contributed by atoms with Gasteiger partial charge in [0.05, 0.1) is 17.8 Å². The lowest BCUT2D eigenvalue weighted by molar-refractivity contribution is -0.121. The second-order valence-electron chi connectivity index (χ2n) is 7.19. The first kappa shape index (κ1) is 18.9. The first-order valence-electron chi connectivity index (χ1n) is 9.44. The number of aromatic amines is 1. The van der Waals surface area contributed by atoms with Crippen LogP contribution in [0.15, 0.2) is 33.9 Å². The van der Waals surface area contributed by atoms with E-state index >= 15 is 0 Å². The van der Waals surface area contributed by atoms with Crippen molar-refractivity contribution in [1.82, 2.24) is 19.9 Å². The normalized spacial score (nSPS) is 16.8. The number of rotatable bonds is 3. The number of aryl methyl sites for hydroxylation is 2. The van der Waals surface area contributed by atoms with Crippen molar-refractivity contribution in [3.05, 3.63) is 51.9 Å². The molecule has 0 radical (unpaired) electrons. The van der Waals surface area contributed by atoms with Gasteiger partial charge in [-0.1, -0.05) is 6.07 Å². The summed E-state index contributed by atoms with van der Waals surface area (Å²) in [6, 6.07) is 3.68. The number of pyridine rings is 1. The molecule has 0 spiro atoms. The molecule has 150 valence electrons. The number of anilines is 1. The van der Waals surface area contributed by atoms with Crippen LogP contribution in [0, 0.1) is 19.8 Å². The van der Waals surface area contributed by atoms with Crippen molar-refractivity contribution in [3.8, 4) is 0 Å². The van der Waals surface area contributed by atoms with E-state index in [2.05, 4.69) is 20.3 Å². The highest BCUT2D eigenvalue weighted by atomic mass is 16.3. The van der Waals surface area contributed by atoms with E-state index in [-0.39, 0.29) is 40.9 Å². The van der Waals surface area contributed by atoms with Gasteiger partial charge in [0.1, 0.15) is 17.0 Å². The lowest BCUT2D eigenvalue weighted by Crippen LogP contribution is -2.44. The van der Waals surface area contributed by atoms with Crippen molar-refractivity contribution in [1.29, 1.82) is 0 Å². The molecule has 1 aliphatic heterocycles. The fourth-order valence-corrected chi connectivity index (χ4v) is 3.68. The zero-order valence-electron chi connectivity index (χ0n) is 16.2. The summed E-state index contributed by atoms with van der Waals surface area (Å²) in [5.74, 6) is 0.00737. The number of carbonyl (C=O) groups is 2. The van der Waals surface area contributed by atoms with Gasteiger partial charge in [0.2, 0.25) is 11.6 Å². The molecule has 1 unspecified atom stereocenters. The van der Waals surface area contributed by atoms with Crippen molar-refractivity contribution in [2.75, 3.05) is 18.4 Å². The van der Waals surface area contributed by atoms with Crippen LogP contribution < -0.4 is 10.9 Å². The van der Waals surface area contributed by atoms with Gasteiger partial charge in [-0.15, -0.1) is 0 Å². The van der Waals surface area contributed by atoms with E-state index in [4.69, 9.17) is 4.42 Å². The van der Waals surface area contributed by atoms with Crippen LogP contribution in [0.2, 0.25) is 0 Å². The predicted octanol–water partition coefficient (Wildman–Crippen LogP) is 2.02. The molecule has 1 saturated heterocycles. The number of hydrogen-bond donors (Lipinski definition) is 2. The Labute approximate surface area is 166 Å². The molecule has 29 heavy (non-hydrogen) atoms. The quantitative estimate of drug-likeness (QED) is 0.700. The number of aromatic nitrogens is 3. The Morgan fingerprint density at radius 1 is 1.31 bits per heavy atom. The number of likely N-dealkylation sites (tertiary alicyclic amines) is 1. The third-order valence-electron chi connectivity index (χ3n) is 5.21. The Bertz CT molecular complexity index is 1150. The summed E-state index contributed by atoms with van der Waals surface area (Å²) in [6.45, 7) is 4.28. The number of carbonyl (C=O) groups excluding carboxylic acids is 2. The van der Waals surface area contributed by atoms with E-state index in [0.29, 0.717) is 31.0 Å². The predicted molar refractivity (Wildman–Crippen MR) is 106 cm³/mol. The van der Waals surface area contributed by atoms with E-state index in [1.807, 2.05) is 13.0 Å². The summed E-state index contributed by atoms with van der Waals surface area (Å²) < 4.78 is 5.49. The van der Waals surface area contributed by atoms with Crippen molar-refractivity contribution in [3.63, 3.8) is 0 Å². The molecule has 4 rings (SSSR count). The molecule has 1 fully saturated rings. The van der Waals surface area contributed by atoms with Gasteiger partial charge in [0.15, 0.2) is 0 Å². The Balaban J connectivity index is 1.55. The molecule has 4 heterocycles. The minimum Gasteiger partial charge on any atom is -0.442 e. The summed E-state index contributed by atoms with van der Waals surface area (Å²) >= 11 is 0. The van der Waals surface area contributed by atoms with Gasteiger partial charge in [-0.2, -0.15) is 0 Å². The summed E-state index contributed by atoms with van der Waals surface area (Å²) in [5.41, 5.74) is 0.784. The van der Waals surface area contributed by atoms with Crippen molar-refractivity contribution in [2.24, 2.45) is 5.92 Å². The monoisotopic (exact) mass is 395 g/mol. The molecule has 2 N–H and O–H groups in total. The summed E-state index contributed by atoms with van der Waals surface area (Å²) in [5, 5.41) is 3.00. The third-order valence-corrected chi connectivity index (χ3v) is 5.21. The molecule has 3 aromatic rings. The number of piperidine rings is 1. The molecule has 2 amide bonds. The van der Waals surface area contributed by atoms with Crippen LogP contribution in [0.5, 0.6) is 0 Å². The van der Waals surface area contributed by atoms with Crippen LogP contribution in [0.3, 0.4) is 0 Å². The molecule has 1 aliphatic rings. The number of fused-ring (bicyclic) bond motifs is 1. The Kier molecular flexibility index (Phi) is 4.87. The average Bonchev–Trinajstić information content (AvgIpc) is 3.06. The van der Waals surface area contributed by atoms with Crippen LogP contribution in [0.25, 0.3) is 11.1 Å². The van der Waals surface area contributed by atoms with Gasteiger partial charge in [0.25, 0.3) is 11.5 Å². The molecule has 1 atom stereocenters. The van der Waals surface area contributed by atoms with Crippen molar-refractivity contribution < 1.29 is 14.0 Å². The number of hydrogen-bond acceptors (Lipinski definition) is 6. The van der Waals surface area contributed by atoms with Gasteiger partial charge < -0.3 is 19.6 Å². The largest absolute Gasteiger partial charge is 0.442 e. The van der Waals surface area contributed by atoms with Crippen molar-refractivity contribution in [2.45, 2.75) is 26.7 Å². The Morgan fingerprint density at radius 2 is 2.14 bits per heavy atom. The highest BCUT2D eigenvalue weighted by Gasteiger charge is 2.32. The summed E-state index contributed by atoms with van der Waals surface area (Å²) in [7, 11) is 0. The maximum absolute atomic E-state index is 13.2. The van der Waals surface area contributed by atoms with Crippen LogP contribution in [0.1, 0.15) is 34.5 Å². The summed E-state index contributed by atoms with van der Waals surface area (Å²) in [6.07, 6.45) is 4.23. The number of nitrogens with one attached hydrogen (secondary N) is 2. The average molecular weight is 395 g/mol. The van der Waals surface area contributed by atoms with Gasteiger partial charge in [-0.25, -0.2) is 9.97 Å². The number of furan rings is 1. The molecular formula is C20H21N5O4. The highest BCUT2D eigenvalue weighted by molar-refractivity contribution is 6.06. The maximum atomic E-state index is 13.2. The molecule has 9 heteroatoms. The van der Waals surface area contributed by atoms with Crippen LogP contribution in [0.4, 0.5) is 5.82 Å². The van der Waals surface area contributed by atoms with Crippen LogP contribution in [-0.2, 0) is 4.79 Å². The molecule has 0 aliphatic carbocycles. The third kappa shape index (κ3) is 3.51. The fraction of sp³-hybridized carbons (Fsp3) is 0.350. The summed E-state index contributed by atoms with van der Waals surface area (Å²) in [4.78, 5) is 50.4. The molecule has 0 saturated carbocycles. The zero-order valence-corrected chi connectivity index (χ0v) is 16.2. The molecule has 0 bridgehead atoms. The van der Waals surface area contributed by atoms with E-state index < -0.39 is 5.56 Å². The lowest BCUT2D eigenvalue weighted by Gasteiger charge is -2.32. The van der Waals surface area contributed by atoms with Gasteiger partial charge in [-0.3, -0.25) is 14.4 Å². The van der Waals surface area contributed by atoms with E-state index in [1.165, 1.54) is 6.33 Å². The zero-order chi connectivity index (χ0) is 20.5. The lowest BCUT2D eigenvalue weighted by atomic mass is 9.96. The van der Waals surface area contributed by atoms with Gasteiger partial charge in [0, 0.05) is 19.3 Å².